The fourth-order valence-corrected chi connectivity index (χ4v) is 3.66. The van der Waals surface area contributed by atoms with Crippen LogP contribution >= 0.6 is 15.9 Å². The van der Waals surface area contributed by atoms with E-state index in [9.17, 15) is 14.4 Å². The Hall–Kier alpha value is -4.02. The van der Waals surface area contributed by atoms with Crippen molar-refractivity contribution in [1.82, 2.24) is 9.88 Å². The molecule has 0 fully saturated rings. The Bertz CT molecular complexity index is 1200. The summed E-state index contributed by atoms with van der Waals surface area (Å²) < 4.78 is 0.758. The van der Waals surface area contributed by atoms with Gasteiger partial charge in [-0.05, 0) is 79.4 Å². The predicted molar refractivity (Wildman–Crippen MR) is 147 cm³/mol. The summed E-state index contributed by atoms with van der Waals surface area (Å²) in [5, 5.41) is 18.7. The van der Waals surface area contributed by atoms with Gasteiger partial charge < -0.3 is 25.3 Å². The van der Waals surface area contributed by atoms with Gasteiger partial charge in [-0.2, -0.15) is 0 Å². The predicted octanol–water partition coefficient (Wildman–Crippen LogP) is 4.90. The van der Waals surface area contributed by atoms with E-state index in [1.54, 1.807) is 12.3 Å². The van der Waals surface area contributed by atoms with E-state index < -0.39 is 11.9 Å². The zero-order chi connectivity index (χ0) is 27.2. The van der Waals surface area contributed by atoms with Crippen LogP contribution in [-0.2, 0) is 9.59 Å². The molecule has 0 unspecified atom stereocenters. The molecule has 0 atom stereocenters. The van der Waals surface area contributed by atoms with E-state index >= 15 is 0 Å². The number of anilines is 3. The molecular formula is C27H29BrN4O5. The van der Waals surface area contributed by atoms with Crippen LogP contribution in [0.5, 0.6) is 0 Å². The van der Waals surface area contributed by atoms with Crippen LogP contribution in [0.2, 0.25) is 0 Å². The van der Waals surface area contributed by atoms with E-state index in [0.29, 0.717) is 23.4 Å². The molecule has 0 saturated carbocycles. The van der Waals surface area contributed by atoms with Crippen LogP contribution in [0.3, 0.4) is 0 Å². The van der Waals surface area contributed by atoms with E-state index in [2.05, 4.69) is 62.3 Å². The highest BCUT2D eigenvalue weighted by atomic mass is 79.9. The van der Waals surface area contributed by atoms with E-state index in [0.717, 1.165) is 35.5 Å². The topological polar surface area (TPSA) is 123 Å². The van der Waals surface area contributed by atoms with Crippen LogP contribution in [0.4, 0.5) is 17.2 Å². The lowest BCUT2D eigenvalue weighted by molar-refractivity contribution is -0.134. The largest absolute Gasteiger partial charge is 0.478 e. The van der Waals surface area contributed by atoms with Crippen LogP contribution in [0.25, 0.3) is 0 Å². The fraction of sp³-hybridized carbons (Fsp3) is 0.185. The van der Waals surface area contributed by atoms with E-state index in [1.807, 2.05) is 48.5 Å². The highest BCUT2D eigenvalue weighted by Crippen LogP contribution is 2.31. The smallest absolute Gasteiger partial charge is 0.328 e. The molecule has 3 rings (SSSR count). The third kappa shape index (κ3) is 10.2. The molecule has 0 aliphatic heterocycles. The summed E-state index contributed by atoms with van der Waals surface area (Å²) >= 11 is 3.45. The first-order valence-corrected chi connectivity index (χ1v) is 12.1. The quantitative estimate of drug-likeness (QED) is 0.295. The second kappa shape index (κ2) is 15.2. The first kappa shape index (κ1) is 29.2. The number of aromatic nitrogens is 1. The maximum Gasteiger partial charge on any atom is 0.328 e. The number of carbonyl (C=O) groups excluding carboxylic acids is 1. The zero-order valence-corrected chi connectivity index (χ0v) is 22.1. The van der Waals surface area contributed by atoms with Crippen molar-refractivity contribution in [3.8, 4) is 0 Å². The van der Waals surface area contributed by atoms with Gasteiger partial charge in [-0.3, -0.25) is 4.79 Å². The Morgan fingerprint density at radius 1 is 0.892 bits per heavy atom. The number of hydrogen-bond acceptors (Lipinski definition) is 6. The number of amides is 1. The Morgan fingerprint density at radius 3 is 2.11 bits per heavy atom. The first-order chi connectivity index (χ1) is 17.7. The lowest BCUT2D eigenvalue weighted by Gasteiger charge is -2.26. The highest BCUT2D eigenvalue weighted by Gasteiger charge is 2.18. The van der Waals surface area contributed by atoms with Gasteiger partial charge in [0.2, 0.25) is 0 Å². The van der Waals surface area contributed by atoms with Crippen LogP contribution < -0.4 is 10.2 Å². The standard InChI is InChI=1S/C23H25BrN4O.C4H4O4/c1-27(2)16-9-17-28(18-10-4-3-5-11-18)22-21(14-8-15-25-22)26-23(29)19-12-6-7-13-20(19)24;5-3(6)1-2-4(7)8/h3-8,10-15H,9,16-17H2,1-2H3,(H,26,29);1-2H,(H,5,6)(H,7,8). The van der Waals surface area contributed by atoms with Gasteiger partial charge in [-0.15, -0.1) is 0 Å². The SMILES string of the molecule is CN(C)CCCN(c1ccccc1)c1ncccc1NC(=O)c1ccccc1Br.O=C(O)C=CC(=O)O. The molecule has 0 radical (unpaired) electrons. The van der Waals surface area contributed by atoms with Crippen molar-refractivity contribution in [1.29, 1.82) is 0 Å². The molecule has 9 nitrogen and oxygen atoms in total. The summed E-state index contributed by atoms with van der Waals surface area (Å²) in [5.41, 5.74) is 2.31. The average Bonchev–Trinajstić information content (AvgIpc) is 2.87. The third-order valence-electron chi connectivity index (χ3n) is 4.83. The van der Waals surface area contributed by atoms with Crippen LogP contribution in [0, 0.1) is 0 Å². The van der Waals surface area contributed by atoms with Crippen molar-refractivity contribution in [3.63, 3.8) is 0 Å². The molecule has 10 heteroatoms. The Labute approximate surface area is 224 Å². The lowest BCUT2D eigenvalue weighted by Crippen LogP contribution is -2.25. The van der Waals surface area contributed by atoms with Gasteiger partial charge in [-0.25, -0.2) is 14.6 Å². The lowest BCUT2D eigenvalue weighted by atomic mass is 10.2. The normalized spacial score (nSPS) is 10.5. The number of benzene rings is 2. The number of para-hydroxylation sites is 1. The molecule has 3 N–H and O–H groups in total. The second-order valence-electron chi connectivity index (χ2n) is 7.96. The molecule has 0 aliphatic carbocycles. The maximum absolute atomic E-state index is 12.9. The summed E-state index contributed by atoms with van der Waals surface area (Å²) in [7, 11) is 4.13. The van der Waals surface area contributed by atoms with Crippen LogP contribution in [-0.4, -0.2) is 65.1 Å². The number of rotatable bonds is 10. The van der Waals surface area contributed by atoms with Crippen molar-refractivity contribution in [3.05, 3.63) is 95.1 Å². The molecule has 0 spiro atoms. The third-order valence-corrected chi connectivity index (χ3v) is 5.52. The van der Waals surface area contributed by atoms with E-state index in [1.165, 1.54) is 0 Å². The van der Waals surface area contributed by atoms with Gasteiger partial charge in [0.1, 0.15) is 0 Å². The molecule has 3 aromatic rings. The minimum absolute atomic E-state index is 0.173. The summed E-state index contributed by atoms with van der Waals surface area (Å²) in [5.74, 6) is -1.95. The van der Waals surface area contributed by atoms with Crippen LogP contribution in [0.1, 0.15) is 16.8 Å². The Balaban J connectivity index is 0.000000521. The highest BCUT2D eigenvalue weighted by molar-refractivity contribution is 9.10. The van der Waals surface area contributed by atoms with Gasteiger partial charge in [-0.1, -0.05) is 30.3 Å². The van der Waals surface area contributed by atoms with Crippen molar-refractivity contribution >= 4 is 51.0 Å². The Morgan fingerprint density at radius 2 is 1.51 bits per heavy atom. The molecule has 0 bridgehead atoms. The Kier molecular flexibility index (Phi) is 12.0. The minimum atomic E-state index is -1.26. The van der Waals surface area contributed by atoms with Crippen molar-refractivity contribution < 1.29 is 24.6 Å². The second-order valence-corrected chi connectivity index (χ2v) is 8.82. The van der Waals surface area contributed by atoms with Gasteiger partial charge in [0.25, 0.3) is 5.91 Å². The molecule has 194 valence electrons. The monoisotopic (exact) mass is 568 g/mol. The fourth-order valence-electron chi connectivity index (χ4n) is 3.20. The number of halogens is 1. The number of pyridine rings is 1. The van der Waals surface area contributed by atoms with Gasteiger partial charge in [0, 0.05) is 35.1 Å². The summed E-state index contributed by atoms with van der Waals surface area (Å²) in [6, 6.07) is 21.2. The number of hydrogen-bond donors (Lipinski definition) is 3. The summed E-state index contributed by atoms with van der Waals surface area (Å²) in [6.45, 7) is 1.76. The zero-order valence-electron chi connectivity index (χ0n) is 20.5. The van der Waals surface area contributed by atoms with Gasteiger partial charge in [0.05, 0.1) is 11.3 Å². The molecule has 1 aromatic heterocycles. The number of carboxylic acid groups (broad SMARTS) is 2. The number of aliphatic carboxylic acids is 2. The molecule has 0 aliphatic rings. The molecule has 1 amide bonds. The molecule has 0 saturated heterocycles. The van der Waals surface area contributed by atoms with Crippen molar-refractivity contribution in [2.45, 2.75) is 6.42 Å². The molecule has 2 aromatic carbocycles. The minimum Gasteiger partial charge on any atom is -0.478 e. The summed E-state index contributed by atoms with van der Waals surface area (Å²) in [4.78, 5) is 40.9. The van der Waals surface area contributed by atoms with Crippen molar-refractivity contribution in [2.24, 2.45) is 0 Å². The maximum atomic E-state index is 12.9. The number of carbonyl (C=O) groups is 3. The van der Waals surface area contributed by atoms with Crippen molar-refractivity contribution in [2.75, 3.05) is 37.4 Å². The first-order valence-electron chi connectivity index (χ1n) is 11.3. The van der Waals surface area contributed by atoms with Gasteiger partial charge >= 0.3 is 11.9 Å². The number of nitrogens with one attached hydrogen (secondary N) is 1. The molecule has 37 heavy (non-hydrogen) atoms. The van der Waals surface area contributed by atoms with Crippen LogP contribution in [0.15, 0.2) is 89.6 Å². The van der Waals surface area contributed by atoms with E-state index in [-0.39, 0.29) is 5.91 Å². The summed E-state index contributed by atoms with van der Waals surface area (Å²) in [6.07, 6.45) is 3.84. The average molecular weight is 569 g/mol. The molecular weight excluding hydrogens is 540 g/mol. The molecule has 1 heterocycles. The number of nitrogens with zero attached hydrogens (tertiary/aromatic N) is 3. The number of carboxylic acids is 2. The van der Waals surface area contributed by atoms with Gasteiger partial charge in [0.15, 0.2) is 5.82 Å². The van der Waals surface area contributed by atoms with E-state index in [4.69, 9.17) is 10.2 Å².